The SMILES string of the molecule is COc1cc(-n2cnc(Nc3nc4c(c(N5CCC[C@H]5C(N)=O)n3)CN(C(=O)OC(C)(C)C)CC4)c2)cc(OC)c1OC. The number of primary amides is 1. The summed E-state index contributed by atoms with van der Waals surface area (Å²) in [6.07, 6.45) is 4.94. The lowest BCUT2D eigenvalue weighted by Gasteiger charge is -2.34. The predicted molar refractivity (Wildman–Crippen MR) is 158 cm³/mol. The largest absolute Gasteiger partial charge is 0.493 e. The van der Waals surface area contributed by atoms with Gasteiger partial charge in [0.25, 0.3) is 0 Å². The van der Waals surface area contributed by atoms with Crippen molar-refractivity contribution in [1.29, 1.82) is 0 Å². The number of hydrogen-bond acceptors (Lipinski definition) is 11. The summed E-state index contributed by atoms with van der Waals surface area (Å²) in [6, 6.07) is 3.13. The first-order valence-corrected chi connectivity index (χ1v) is 14.1. The molecule has 4 heterocycles. The van der Waals surface area contributed by atoms with Gasteiger partial charge in [0.2, 0.25) is 17.6 Å². The maximum atomic E-state index is 12.9. The summed E-state index contributed by atoms with van der Waals surface area (Å²) in [5.41, 5.74) is 7.44. The Morgan fingerprint density at radius 3 is 2.40 bits per heavy atom. The van der Waals surface area contributed by atoms with E-state index in [1.54, 1.807) is 43.3 Å². The molecule has 0 unspecified atom stereocenters. The van der Waals surface area contributed by atoms with E-state index >= 15 is 0 Å². The highest BCUT2D eigenvalue weighted by molar-refractivity contribution is 5.84. The highest BCUT2D eigenvalue weighted by Crippen LogP contribution is 2.39. The van der Waals surface area contributed by atoms with Crippen molar-refractivity contribution >= 4 is 29.6 Å². The highest BCUT2D eigenvalue weighted by atomic mass is 16.6. The van der Waals surface area contributed by atoms with Crippen molar-refractivity contribution in [1.82, 2.24) is 24.4 Å². The number of aromatic nitrogens is 4. The summed E-state index contributed by atoms with van der Waals surface area (Å²) >= 11 is 0. The molecule has 43 heavy (non-hydrogen) atoms. The summed E-state index contributed by atoms with van der Waals surface area (Å²) in [5, 5.41) is 3.21. The number of carbonyl (C=O) groups excluding carboxylic acids is 2. The molecule has 1 aromatic carbocycles. The third-order valence-corrected chi connectivity index (χ3v) is 7.31. The number of nitrogens with zero attached hydrogens (tertiary/aromatic N) is 6. The number of hydrogen-bond donors (Lipinski definition) is 2. The van der Waals surface area contributed by atoms with E-state index in [0.717, 1.165) is 23.4 Å². The summed E-state index contributed by atoms with van der Waals surface area (Å²) in [7, 11) is 4.67. The van der Waals surface area contributed by atoms with Gasteiger partial charge >= 0.3 is 6.09 Å². The summed E-state index contributed by atoms with van der Waals surface area (Å²) in [4.78, 5) is 42.9. The number of nitrogens with two attached hydrogens (primary N) is 1. The van der Waals surface area contributed by atoms with Crippen LogP contribution in [0.1, 0.15) is 44.9 Å². The van der Waals surface area contributed by atoms with Crippen molar-refractivity contribution in [2.24, 2.45) is 5.73 Å². The molecule has 2 amide bonds. The summed E-state index contributed by atoms with van der Waals surface area (Å²) in [6.45, 7) is 6.81. The van der Waals surface area contributed by atoms with Gasteiger partial charge in [-0.25, -0.2) is 14.8 Å². The number of carbonyl (C=O) groups is 2. The normalized spacial score (nSPS) is 16.5. The standard InChI is InChI=1S/C29H38N8O6/c1-29(2,3)43-28(39)35-11-9-19-18(14-35)26(37-10-7-8-20(37)25(30)38)34-27(32-19)33-23-15-36(16-31-23)17-12-21(40-4)24(42-6)22(13-17)41-5/h12-13,15-16,20H,7-11,14H2,1-6H3,(H2,30,38)(H,32,33,34)/t20-/m0/s1. The van der Waals surface area contributed by atoms with E-state index < -0.39 is 23.6 Å². The van der Waals surface area contributed by atoms with E-state index in [-0.39, 0.29) is 6.54 Å². The smallest absolute Gasteiger partial charge is 0.410 e. The fourth-order valence-electron chi connectivity index (χ4n) is 5.35. The third kappa shape index (κ3) is 6.22. The van der Waals surface area contributed by atoms with Gasteiger partial charge in [0.15, 0.2) is 17.3 Å². The van der Waals surface area contributed by atoms with E-state index in [0.29, 0.717) is 60.8 Å². The monoisotopic (exact) mass is 594 g/mol. The molecule has 1 atom stereocenters. The Hall–Kier alpha value is -4.75. The van der Waals surface area contributed by atoms with Crippen LogP contribution in [0.25, 0.3) is 5.69 Å². The lowest BCUT2D eigenvalue weighted by atomic mass is 10.1. The summed E-state index contributed by atoms with van der Waals surface area (Å²) in [5.74, 6) is 2.50. The van der Waals surface area contributed by atoms with Gasteiger partial charge < -0.3 is 44.4 Å². The van der Waals surface area contributed by atoms with E-state index in [1.165, 1.54) is 0 Å². The van der Waals surface area contributed by atoms with Crippen molar-refractivity contribution in [3.8, 4) is 22.9 Å². The van der Waals surface area contributed by atoms with Crippen LogP contribution in [-0.2, 0) is 22.5 Å². The number of methoxy groups -OCH3 is 3. The van der Waals surface area contributed by atoms with Gasteiger partial charge in [-0.05, 0) is 33.6 Å². The number of ether oxygens (including phenoxy) is 4. The molecule has 1 saturated heterocycles. The van der Waals surface area contributed by atoms with Gasteiger partial charge in [-0.2, -0.15) is 4.98 Å². The van der Waals surface area contributed by atoms with E-state index in [9.17, 15) is 9.59 Å². The van der Waals surface area contributed by atoms with Gasteiger partial charge in [-0.15, -0.1) is 0 Å². The Morgan fingerprint density at radius 2 is 1.77 bits per heavy atom. The molecular weight excluding hydrogens is 556 g/mol. The zero-order chi connectivity index (χ0) is 30.9. The molecule has 14 nitrogen and oxygen atoms in total. The molecule has 0 aliphatic carbocycles. The van der Waals surface area contributed by atoms with E-state index in [4.69, 9.17) is 34.6 Å². The molecule has 2 aliphatic rings. The molecule has 0 spiro atoms. The molecule has 230 valence electrons. The van der Waals surface area contributed by atoms with Crippen LogP contribution in [-0.4, -0.2) is 82.5 Å². The minimum Gasteiger partial charge on any atom is -0.493 e. The molecule has 0 saturated carbocycles. The Kier molecular flexibility index (Phi) is 8.20. The number of nitrogens with one attached hydrogen (secondary N) is 1. The number of fused-ring (bicyclic) bond motifs is 1. The topological polar surface area (TPSA) is 159 Å². The molecule has 2 aliphatic heterocycles. The molecule has 1 fully saturated rings. The van der Waals surface area contributed by atoms with Crippen LogP contribution in [0.2, 0.25) is 0 Å². The van der Waals surface area contributed by atoms with Gasteiger partial charge in [0.1, 0.15) is 23.8 Å². The van der Waals surface area contributed by atoms with Crippen LogP contribution in [0.15, 0.2) is 24.7 Å². The first kappa shape index (κ1) is 29.7. The molecule has 5 rings (SSSR count). The minimum absolute atomic E-state index is 0.262. The fourth-order valence-corrected chi connectivity index (χ4v) is 5.35. The zero-order valence-corrected chi connectivity index (χ0v) is 25.3. The molecule has 3 aromatic rings. The third-order valence-electron chi connectivity index (χ3n) is 7.31. The average molecular weight is 595 g/mol. The second kappa shape index (κ2) is 11.9. The van der Waals surface area contributed by atoms with Gasteiger partial charge in [-0.3, -0.25) is 4.79 Å². The van der Waals surface area contributed by atoms with Crippen LogP contribution >= 0.6 is 0 Å². The Balaban J connectivity index is 1.47. The highest BCUT2D eigenvalue weighted by Gasteiger charge is 2.36. The molecule has 3 N–H and O–H groups in total. The molecule has 2 aromatic heterocycles. The van der Waals surface area contributed by atoms with E-state index in [1.807, 2.05) is 37.8 Å². The number of benzene rings is 1. The fraction of sp³-hybridized carbons (Fsp3) is 0.483. The quantitative estimate of drug-likeness (QED) is 0.394. The summed E-state index contributed by atoms with van der Waals surface area (Å²) < 4.78 is 23.8. The van der Waals surface area contributed by atoms with Crippen molar-refractivity contribution in [2.75, 3.05) is 44.6 Å². The Morgan fingerprint density at radius 1 is 1.05 bits per heavy atom. The average Bonchev–Trinajstić information content (AvgIpc) is 3.65. The van der Waals surface area contributed by atoms with Crippen LogP contribution in [0.5, 0.6) is 17.2 Å². The second-order valence-electron chi connectivity index (χ2n) is 11.4. The molecule has 14 heteroatoms. The van der Waals surface area contributed by atoms with Crippen LogP contribution in [0.4, 0.5) is 22.4 Å². The first-order chi connectivity index (χ1) is 20.5. The number of anilines is 3. The number of rotatable bonds is 8. The van der Waals surface area contributed by atoms with Crippen LogP contribution < -0.4 is 30.2 Å². The minimum atomic E-state index is -0.623. The first-order valence-electron chi connectivity index (χ1n) is 14.1. The lowest BCUT2D eigenvalue weighted by Crippen LogP contribution is -2.44. The van der Waals surface area contributed by atoms with Crippen LogP contribution in [0.3, 0.4) is 0 Å². The predicted octanol–water partition coefficient (Wildman–Crippen LogP) is 3.18. The van der Waals surface area contributed by atoms with Crippen molar-refractivity contribution in [3.63, 3.8) is 0 Å². The van der Waals surface area contributed by atoms with Gasteiger partial charge in [0.05, 0.1) is 45.5 Å². The second-order valence-corrected chi connectivity index (χ2v) is 11.4. The van der Waals surface area contributed by atoms with Crippen molar-refractivity contribution in [3.05, 3.63) is 35.9 Å². The van der Waals surface area contributed by atoms with Gasteiger partial charge in [-0.1, -0.05) is 0 Å². The number of imidazole rings is 1. The lowest BCUT2D eigenvalue weighted by molar-refractivity contribution is -0.119. The Bertz CT molecular complexity index is 1490. The zero-order valence-electron chi connectivity index (χ0n) is 25.3. The molecule has 0 radical (unpaired) electrons. The Labute approximate surface area is 250 Å². The van der Waals surface area contributed by atoms with Crippen molar-refractivity contribution in [2.45, 2.75) is 58.2 Å². The molecular formula is C29H38N8O6. The van der Waals surface area contributed by atoms with Gasteiger partial charge in [0, 0.05) is 37.2 Å². The maximum Gasteiger partial charge on any atom is 0.410 e. The molecule has 0 bridgehead atoms. The van der Waals surface area contributed by atoms with Crippen LogP contribution in [0, 0.1) is 0 Å². The van der Waals surface area contributed by atoms with Crippen molar-refractivity contribution < 1.29 is 28.5 Å². The maximum absolute atomic E-state index is 12.9. The van der Waals surface area contributed by atoms with E-state index in [2.05, 4.69) is 10.3 Å². The number of amides is 2.